The molecule has 0 amide bonds. The first-order valence-corrected chi connectivity index (χ1v) is 4.56. The zero-order valence-electron chi connectivity index (χ0n) is 9.21. The van der Waals surface area contributed by atoms with Gasteiger partial charge in [0.25, 0.3) is 0 Å². The van der Waals surface area contributed by atoms with Gasteiger partial charge in [-0.3, -0.25) is 0 Å². The average molecular weight is 173 g/mol. The molecule has 0 spiro atoms. The molecule has 3 nitrogen and oxygen atoms in total. The molecule has 74 valence electrons. The summed E-state index contributed by atoms with van der Waals surface area (Å²) in [5, 5.41) is 9.94. The van der Waals surface area contributed by atoms with Crippen molar-refractivity contribution in [2.24, 2.45) is 0 Å². The van der Waals surface area contributed by atoms with Crippen molar-refractivity contribution in [1.29, 1.82) is 0 Å². The summed E-state index contributed by atoms with van der Waals surface area (Å²) in [7, 11) is 5.94. The van der Waals surface area contributed by atoms with Crippen molar-refractivity contribution in [3.05, 3.63) is 0 Å². The van der Waals surface area contributed by atoms with Crippen molar-refractivity contribution < 1.29 is 0 Å². The van der Waals surface area contributed by atoms with E-state index in [0.29, 0.717) is 0 Å². The first-order chi connectivity index (χ1) is 5.49. The Hall–Kier alpha value is -0.120. The van der Waals surface area contributed by atoms with Crippen LogP contribution < -0.4 is 16.0 Å². The van der Waals surface area contributed by atoms with Gasteiger partial charge in [0, 0.05) is 5.54 Å². The Bertz CT molecular complexity index is 110. The standard InChI is InChI=1S/C9H23N3/c1-7-8(2,10-4)9(3,11-5)12-6/h10-12H,7H2,1-6H3. The Morgan fingerprint density at radius 3 is 1.42 bits per heavy atom. The van der Waals surface area contributed by atoms with E-state index in [-0.39, 0.29) is 11.2 Å². The molecule has 0 aliphatic carbocycles. The van der Waals surface area contributed by atoms with Gasteiger partial charge in [-0.25, -0.2) is 0 Å². The minimum absolute atomic E-state index is 0.0660. The molecule has 0 aliphatic heterocycles. The van der Waals surface area contributed by atoms with E-state index in [1.54, 1.807) is 0 Å². The van der Waals surface area contributed by atoms with Gasteiger partial charge in [0.05, 0.1) is 5.66 Å². The highest BCUT2D eigenvalue weighted by atomic mass is 15.2. The third-order valence-electron chi connectivity index (χ3n) is 3.36. The van der Waals surface area contributed by atoms with Gasteiger partial charge < -0.3 is 16.0 Å². The van der Waals surface area contributed by atoms with Crippen molar-refractivity contribution >= 4 is 0 Å². The lowest BCUT2D eigenvalue weighted by molar-refractivity contribution is 0.141. The van der Waals surface area contributed by atoms with Crippen LogP contribution in [0.4, 0.5) is 0 Å². The van der Waals surface area contributed by atoms with Crippen LogP contribution in [-0.2, 0) is 0 Å². The van der Waals surface area contributed by atoms with Crippen LogP contribution in [0.3, 0.4) is 0 Å². The fraction of sp³-hybridized carbons (Fsp3) is 1.00. The SMILES string of the molecule is CCC(C)(NC)C(C)(NC)NC. The van der Waals surface area contributed by atoms with Gasteiger partial charge in [-0.05, 0) is 41.4 Å². The monoisotopic (exact) mass is 173 g/mol. The van der Waals surface area contributed by atoms with Gasteiger partial charge in [0.2, 0.25) is 0 Å². The predicted molar refractivity (Wildman–Crippen MR) is 54.3 cm³/mol. The fourth-order valence-electron chi connectivity index (χ4n) is 1.46. The quantitative estimate of drug-likeness (QED) is 0.531. The van der Waals surface area contributed by atoms with Crippen LogP contribution in [-0.4, -0.2) is 32.3 Å². The van der Waals surface area contributed by atoms with E-state index in [1.165, 1.54) is 0 Å². The van der Waals surface area contributed by atoms with Crippen LogP contribution in [0, 0.1) is 0 Å². The average Bonchev–Trinajstić information content (AvgIpc) is 2.15. The Morgan fingerprint density at radius 1 is 0.917 bits per heavy atom. The third kappa shape index (κ3) is 1.79. The highest BCUT2D eigenvalue weighted by molar-refractivity contribution is 5.01. The molecule has 0 fully saturated rings. The van der Waals surface area contributed by atoms with Crippen molar-refractivity contribution in [3.63, 3.8) is 0 Å². The molecule has 0 aromatic rings. The van der Waals surface area contributed by atoms with Crippen molar-refractivity contribution in [3.8, 4) is 0 Å². The Kier molecular flexibility index (Phi) is 4.17. The fourth-order valence-corrected chi connectivity index (χ4v) is 1.46. The Balaban J connectivity index is 4.66. The molecule has 0 saturated heterocycles. The molecule has 0 aromatic carbocycles. The van der Waals surface area contributed by atoms with Crippen LogP contribution in [0.25, 0.3) is 0 Å². The van der Waals surface area contributed by atoms with E-state index in [1.807, 2.05) is 21.1 Å². The van der Waals surface area contributed by atoms with E-state index in [9.17, 15) is 0 Å². The molecular weight excluding hydrogens is 150 g/mol. The largest absolute Gasteiger partial charge is 0.312 e. The second kappa shape index (κ2) is 4.21. The topological polar surface area (TPSA) is 36.1 Å². The van der Waals surface area contributed by atoms with Crippen LogP contribution in [0.2, 0.25) is 0 Å². The van der Waals surface area contributed by atoms with E-state index < -0.39 is 0 Å². The minimum atomic E-state index is -0.0729. The van der Waals surface area contributed by atoms with E-state index in [4.69, 9.17) is 0 Å². The summed E-state index contributed by atoms with van der Waals surface area (Å²) in [4.78, 5) is 0. The molecule has 0 bridgehead atoms. The number of rotatable bonds is 5. The maximum Gasteiger partial charge on any atom is 0.0837 e. The maximum atomic E-state index is 3.35. The van der Waals surface area contributed by atoms with Gasteiger partial charge in [-0.2, -0.15) is 0 Å². The van der Waals surface area contributed by atoms with Gasteiger partial charge in [-0.1, -0.05) is 6.92 Å². The maximum absolute atomic E-state index is 3.35. The van der Waals surface area contributed by atoms with Gasteiger partial charge in [-0.15, -0.1) is 0 Å². The third-order valence-corrected chi connectivity index (χ3v) is 3.36. The lowest BCUT2D eigenvalue weighted by Gasteiger charge is -2.46. The summed E-state index contributed by atoms with van der Waals surface area (Å²) in [6.07, 6.45) is 1.07. The summed E-state index contributed by atoms with van der Waals surface area (Å²) < 4.78 is 0. The predicted octanol–water partition coefficient (Wildman–Crippen LogP) is 0.530. The van der Waals surface area contributed by atoms with E-state index in [0.717, 1.165) is 6.42 Å². The normalized spacial score (nSPS) is 17.5. The van der Waals surface area contributed by atoms with E-state index >= 15 is 0 Å². The number of hydrogen-bond donors (Lipinski definition) is 3. The van der Waals surface area contributed by atoms with Crippen LogP contribution >= 0.6 is 0 Å². The molecule has 1 unspecified atom stereocenters. The molecular formula is C9H23N3. The molecule has 0 saturated carbocycles. The molecule has 0 aliphatic rings. The first kappa shape index (κ1) is 11.9. The summed E-state index contributed by atoms with van der Waals surface area (Å²) in [5.41, 5.74) is -0.00694. The van der Waals surface area contributed by atoms with Crippen LogP contribution in [0.1, 0.15) is 27.2 Å². The molecule has 3 heteroatoms. The molecule has 0 rings (SSSR count). The zero-order valence-corrected chi connectivity index (χ0v) is 9.21. The number of hydrogen-bond acceptors (Lipinski definition) is 3. The molecule has 12 heavy (non-hydrogen) atoms. The Labute approximate surface area is 76.3 Å². The lowest BCUT2D eigenvalue weighted by Crippen LogP contribution is -2.70. The van der Waals surface area contributed by atoms with Crippen molar-refractivity contribution in [1.82, 2.24) is 16.0 Å². The summed E-state index contributed by atoms with van der Waals surface area (Å²) in [6, 6.07) is 0. The van der Waals surface area contributed by atoms with Gasteiger partial charge in [0.15, 0.2) is 0 Å². The number of nitrogens with one attached hydrogen (secondary N) is 3. The molecule has 1 atom stereocenters. The second-order valence-electron chi connectivity index (χ2n) is 3.56. The highest BCUT2D eigenvalue weighted by Gasteiger charge is 2.39. The highest BCUT2D eigenvalue weighted by Crippen LogP contribution is 2.21. The van der Waals surface area contributed by atoms with Crippen LogP contribution in [0.5, 0.6) is 0 Å². The Morgan fingerprint density at radius 2 is 1.33 bits per heavy atom. The molecule has 0 radical (unpaired) electrons. The first-order valence-electron chi connectivity index (χ1n) is 4.56. The lowest BCUT2D eigenvalue weighted by atomic mass is 9.84. The van der Waals surface area contributed by atoms with Gasteiger partial charge in [0.1, 0.15) is 0 Å². The summed E-state index contributed by atoms with van der Waals surface area (Å²) in [5.74, 6) is 0. The minimum Gasteiger partial charge on any atom is -0.312 e. The van der Waals surface area contributed by atoms with E-state index in [2.05, 4.69) is 36.7 Å². The summed E-state index contributed by atoms with van der Waals surface area (Å²) in [6.45, 7) is 6.55. The zero-order chi connectivity index (χ0) is 9.83. The van der Waals surface area contributed by atoms with Crippen molar-refractivity contribution in [2.75, 3.05) is 21.1 Å². The summed E-state index contributed by atoms with van der Waals surface area (Å²) >= 11 is 0. The molecule has 3 N–H and O–H groups in total. The smallest absolute Gasteiger partial charge is 0.0837 e. The van der Waals surface area contributed by atoms with Crippen molar-refractivity contribution in [2.45, 2.75) is 38.4 Å². The second-order valence-corrected chi connectivity index (χ2v) is 3.56. The molecule has 0 aromatic heterocycles. The molecule has 0 heterocycles. The van der Waals surface area contributed by atoms with Crippen LogP contribution in [0.15, 0.2) is 0 Å². The van der Waals surface area contributed by atoms with Gasteiger partial charge >= 0.3 is 0 Å². The number of likely N-dealkylation sites (N-methyl/N-ethyl adjacent to an activating group) is 3.